The second-order valence-electron chi connectivity index (χ2n) is 13.9. The van der Waals surface area contributed by atoms with Crippen molar-refractivity contribution in [3.8, 4) is 22.5 Å². The van der Waals surface area contributed by atoms with Gasteiger partial charge in [-0.05, 0) is 113 Å². The van der Waals surface area contributed by atoms with Crippen LogP contribution < -0.4 is 16.0 Å². The van der Waals surface area contributed by atoms with Gasteiger partial charge in [0, 0.05) is 41.4 Å². The molecule has 1 atom stereocenters. The molecule has 0 bridgehead atoms. The van der Waals surface area contributed by atoms with Crippen molar-refractivity contribution in [3.05, 3.63) is 77.6 Å². The number of carbonyl (C=O) groups excluding carboxylic acids is 4. The third kappa shape index (κ3) is 10.4. The zero-order valence-corrected chi connectivity index (χ0v) is 30.2. The van der Waals surface area contributed by atoms with Crippen molar-refractivity contribution >= 4 is 29.6 Å². The van der Waals surface area contributed by atoms with Crippen LogP contribution in [0, 0.1) is 18.8 Å². The molecule has 1 saturated carbocycles. The average Bonchev–Trinajstić information content (AvgIpc) is 3.66. The van der Waals surface area contributed by atoms with Gasteiger partial charge >= 0.3 is 12.1 Å². The predicted octanol–water partition coefficient (Wildman–Crippen LogP) is 5.41. The Balaban J connectivity index is 1.25. The van der Waals surface area contributed by atoms with Crippen molar-refractivity contribution in [3.63, 3.8) is 0 Å². The van der Waals surface area contributed by atoms with E-state index in [4.69, 9.17) is 9.47 Å². The van der Waals surface area contributed by atoms with Crippen LogP contribution >= 0.6 is 0 Å². The summed E-state index contributed by atoms with van der Waals surface area (Å²) in [6, 6.07) is 17.4. The minimum absolute atomic E-state index is 0.175. The van der Waals surface area contributed by atoms with E-state index < -0.39 is 23.7 Å². The Morgan fingerprint density at radius 1 is 0.923 bits per heavy atom. The summed E-state index contributed by atoms with van der Waals surface area (Å²) < 4.78 is 10.4. The van der Waals surface area contributed by atoms with Crippen LogP contribution in [0.5, 0.6) is 0 Å². The molecule has 0 aliphatic heterocycles. The molecule has 14 nitrogen and oxygen atoms in total. The van der Waals surface area contributed by atoms with Gasteiger partial charge in [-0.3, -0.25) is 9.59 Å². The van der Waals surface area contributed by atoms with Crippen LogP contribution in [0.25, 0.3) is 22.5 Å². The van der Waals surface area contributed by atoms with Crippen molar-refractivity contribution < 1.29 is 28.7 Å². The Bertz CT molecular complexity index is 1830. The molecule has 0 unspecified atom stereocenters. The monoisotopic (exact) mass is 710 g/mol. The molecule has 2 aromatic carbocycles. The van der Waals surface area contributed by atoms with Crippen molar-refractivity contribution in [2.24, 2.45) is 11.8 Å². The maximum Gasteiger partial charge on any atom is 0.407 e. The fourth-order valence-electron chi connectivity index (χ4n) is 6.13. The lowest BCUT2D eigenvalue weighted by Gasteiger charge is -2.29. The highest BCUT2D eigenvalue weighted by Crippen LogP contribution is 2.29. The first-order valence-electron chi connectivity index (χ1n) is 17.5. The van der Waals surface area contributed by atoms with Gasteiger partial charge in [0.2, 0.25) is 17.6 Å². The third-order valence-corrected chi connectivity index (χ3v) is 8.82. The molecule has 4 aromatic rings. The van der Waals surface area contributed by atoms with Crippen LogP contribution in [0.2, 0.25) is 0 Å². The van der Waals surface area contributed by atoms with E-state index in [-0.39, 0.29) is 42.4 Å². The first-order valence-corrected chi connectivity index (χ1v) is 17.5. The second-order valence-corrected chi connectivity index (χ2v) is 13.9. The molecule has 4 N–H and O–H groups in total. The number of nitrogens with one attached hydrogen (secondary N) is 4. The number of tetrazole rings is 1. The molecule has 14 heteroatoms. The number of amides is 3. The van der Waals surface area contributed by atoms with Gasteiger partial charge in [-0.1, -0.05) is 30.3 Å². The van der Waals surface area contributed by atoms with Crippen LogP contribution in [0.4, 0.5) is 10.5 Å². The van der Waals surface area contributed by atoms with E-state index >= 15 is 0 Å². The number of H-pyrrole nitrogens is 1. The van der Waals surface area contributed by atoms with Gasteiger partial charge in [-0.2, -0.15) is 5.21 Å². The zero-order chi connectivity index (χ0) is 37.3. The number of aromatic amines is 1. The third-order valence-electron chi connectivity index (χ3n) is 8.82. The van der Waals surface area contributed by atoms with Gasteiger partial charge in [-0.25, -0.2) is 14.6 Å². The molecule has 52 heavy (non-hydrogen) atoms. The summed E-state index contributed by atoms with van der Waals surface area (Å²) >= 11 is 0. The highest BCUT2D eigenvalue weighted by Gasteiger charge is 2.30. The van der Waals surface area contributed by atoms with Crippen molar-refractivity contribution in [2.45, 2.75) is 78.4 Å². The topological polar surface area (TPSA) is 190 Å². The predicted molar refractivity (Wildman–Crippen MR) is 194 cm³/mol. The second kappa shape index (κ2) is 17.0. The number of nitrogens with zero attached hydrogens (tertiary/aromatic N) is 4. The number of alkyl carbamates (subject to hydrolysis) is 1. The van der Waals surface area contributed by atoms with E-state index in [0.717, 1.165) is 35.1 Å². The summed E-state index contributed by atoms with van der Waals surface area (Å²) in [4.78, 5) is 56.0. The van der Waals surface area contributed by atoms with E-state index in [9.17, 15) is 19.2 Å². The average molecular weight is 711 g/mol. The maximum absolute atomic E-state index is 13.8. The number of pyridine rings is 1. The fourth-order valence-corrected chi connectivity index (χ4v) is 6.13. The molecule has 2 aromatic heterocycles. The number of carbonyl (C=O) groups is 4. The van der Waals surface area contributed by atoms with E-state index in [1.807, 2.05) is 58.0 Å². The summed E-state index contributed by atoms with van der Waals surface area (Å²) in [5.41, 5.74) is 4.26. The Kier molecular flexibility index (Phi) is 12.3. The fraction of sp³-hybridized carbons (Fsp3) is 0.421. The van der Waals surface area contributed by atoms with E-state index in [2.05, 4.69) is 41.6 Å². The van der Waals surface area contributed by atoms with E-state index in [1.165, 1.54) is 0 Å². The van der Waals surface area contributed by atoms with Crippen LogP contribution in [0.3, 0.4) is 0 Å². The Hall–Kier alpha value is -5.66. The summed E-state index contributed by atoms with van der Waals surface area (Å²) in [6.45, 7) is 9.80. The number of rotatable bonds is 12. The lowest BCUT2D eigenvalue weighted by Crippen LogP contribution is -2.48. The minimum Gasteiger partial charge on any atom is -0.461 e. The number of ether oxygens (including phenoxy) is 2. The number of hydrogen-bond donors (Lipinski definition) is 4. The standard InChI is InChI=1S/C38H46N8O6/c1-6-51-36(49)31-20-19-30(23(2)40-31)26-11-7-24(8-12-26)21-32(35(48)41-29-17-15-27(16-18-29)33-43-45-46-44-33)42-34(47)28-13-9-25(10-14-28)22-39-37(50)52-38(3,4)5/h7-8,11-12,15-20,25,28,32H,6,9-10,13-14,21-22H2,1-5H3,(H,39,50)(H,41,48)(H,42,47)(H,43,44,45,46)/t25?,28?,32-/m0/s1. The Labute approximate surface area is 302 Å². The number of hydrogen-bond acceptors (Lipinski definition) is 10. The Morgan fingerprint density at radius 3 is 2.23 bits per heavy atom. The van der Waals surface area contributed by atoms with E-state index in [1.54, 1.807) is 37.3 Å². The van der Waals surface area contributed by atoms with Gasteiger partial charge < -0.3 is 25.4 Å². The lowest BCUT2D eigenvalue weighted by atomic mass is 9.81. The van der Waals surface area contributed by atoms with Crippen molar-refractivity contribution in [1.82, 2.24) is 36.2 Å². The zero-order valence-electron chi connectivity index (χ0n) is 30.2. The summed E-state index contributed by atoms with van der Waals surface area (Å²) in [5, 5.41) is 22.8. The Morgan fingerprint density at radius 2 is 1.62 bits per heavy atom. The van der Waals surface area contributed by atoms with Crippen LogP contribution in [0.15, 0.2) is 60.7 Å². The smallest absolute Gasteiger partial charge is 0.407 e. The summed E-state index contributed by atoms with van der Waals surface area (Å²) in [6.07, 6.45) is 2.65. The van der Waals surface area contributed by atoms with Crippen molar-refractivity contribution in [1.29, 1.82) is 0 Å². The molecule has 2 heterocycles. The number of esters is 1. The molecule has 1 fully saturated rings. The lowest BCUT2D eigenvalue weighted by molar-refractivity contribution is -0.130. The molecule has 0 radical (unpaired) electrons. The minimum atomic E-state index is -0.853. The van der Waals surface area contributed by atoms with Crippen LogP contribution in [0.1, 0.15) is 75.1 Å². The molecule has 3 amide bonds. The normalized spacial score (nSPS) is 16.3. The van der Waals surface area contributed by atoms with Gasteiger partial charge in [0.15, 0.2) is 0 Å². The SMILES string of the molecule is CCOC(=O)c1ccc(-c2ccc(C[C@H](NC(=O)C3CCC(CNC(=O)OC(C)(C)C)CC3)C(=O)Nc3ccc(-c4nn[nH]n4)cc3)cc2)c(C)n1. The van der Waals surface area contributed by atoms with Crippen LogP contribution in [-0.4, -0.2) is 74.3 Å². The maximum atomic E-state index is 13.8. The molecule has 1 aliphatic carbocycles. The molecule has 274 valence electrons. The first kappa shape index (κ1) is 37.6. The number of aryl methyl sites for hydroxylation is 1. The van der Waals surface area contributed by atoms with Gasteiger partial charge in [-0.15, -0.1) is 10.2 Å². The summed E-state index contributed by atoms with van der Waals surface area (Å²) in [7, 11) is 0. The molecule has 0 saturated heterocycles. The summed E-state index contributed by atoms with van der Waals surface area (Å²) in [5.74, 6) is -0.573. The molecule has 0 spiro atoms. The van der Waals surface area contributed by atoms with Gasteiger partial charge in [0.25, 0.3) is 0 Å². The highest BCUT2D eigenvalue weighted by molar-refractivity contribution is 5.98. The molecule has 1 aliphatic rings. The quantitative estimate of drug-likeness (QED) is 0.138. The number of aromatic nitrogens is 5. The molecule has 5 rings (SSSR count). The number of anilines is 1. The number of benzene rings is 2. The van der Waals surface area contributed by atoms with Crippen molar-refractivity contribution in [2.75, 3.05) is 18.5 Å². The van der Waals surface area contributed by atoms with Gasteiger partial charge in [0.1, 0.15) is 17.3 Å². The van der Waals surface area contributed by atoms with E-state index in [0.29, 0.717) is 36.6 Å². The largest absolute Gasteiger partial charge is 0.461 e. The molecular weight excluding hydrogens is 664 g/mol. The highest BCUT2D eigenvalue weighted by atomic mass is 16.6. The van der Waals surface area contributed by atoms with Gasteiger partial charge in [0.05, 0.1) is 6.61 Å². The first-order chi connectivity index (χ1) is 24.9. The molecular formula is C38H46N8O6. The van der Waals surface area contributed by atoms with Crippen LogP contribution in [-0.2, 0) is 25.5 Å².